The van der Waals surface area contributed by atoms with Crippen LogP contribution in [0.15, 0.2) is 16.7 Å². The maximum absolute atomic E-state index is 11.8. The Labute approximate surface area is 122 Å². The standard InChI is InChI=1S/C15H19N3O3/c1-9-6-12-13(18-21-14(12)7-10(9)2)8-15(20)17-5-4-16-11(3)19/h6-7H,4-5,8H2,1-3H3,(H,16,19)(H,17,20). The Morgan fingerprint density at radius 2 is 1.81 bits per heavy atom. The number of carbonyl (C=O) groups is 2. The molecule has 6 nitrogen and oxygen atoms in total. The van der Waals surface area contributed by atoms with Crippen LogP contribution in [0.5, 0.6) is 0 Å². The number of hydrogen-bond acceptors (Lipinski definition) is 4. The van der Waals surface area contributed by atoms with Crippen LogP contribution in [-0.4, -0.2) is 30.1 Å². The van der Waals surface area contributed by atoms with E-state index in [4.69, 9.17) is 4.52 Å². The molecule has 0 fully saturated rings. The molecule has 0 spiro atoms. The number of amides is 2. The van der Waals surface area contributed by atoms with Crippen LogP contribution in [0.2, 0.25) is 0 Å². The van der Waals surface area contributed by atoms with Crippen molar-refractivity contribution in [1.29, 1.82) is 0 Å². The van der Waals surface area contributed by atoms with Crippen molar-refractivity contribution in [2.45, 2.75) is 27.2 Å². The molecule has 0 saturated carbocycles. The third-order valence-corrected chi connectivity index (χ3v) is 3.31. The number of carbonyl (C=O) groups excluding carboxylic acids is 2. The molecule has 0 aliphatic rings. The molecule has 2 aromatic rings. The van der Waals surface area contributed by atoms with Crippen LogP contribution >= 0.6 is 0 Å². The highest BCUT2D eigenvalue weighted by molar-refractivity contribution is 5.87. The lowest BCUT2D eigenvalue weighted by Crippen LogP contribution is -2.34. The number of rotatable bonds is 5. The predicted octanol–water partition coefficient (Wildman–Crippen LogP) is 1.24. The van der Waals surface area contributed by atoms with E-state index >= 15 is 0 Å². The van der Waals surface area contributed by atoms with Crippen LogP contribution in [0.1, 0.15) is 23.7 Å². The number of nitrogens with one attached hydrogen (secondary N) is 2. The average molecular weight is 289 g/mol. The first-order valence-electron chi connectivity index (χ1n) is 6.84. The summed E-state index contributed by atoms with van der Waals surface area (Å²) < 4.78 is 5.26. The number of hydrogen-bond donors (Lipinski definition) is 2. The zero-order valence-corrected chi connectivity index (χ0v) is 12.4. The molecular weight excluding hydrogens is 270 g/mol. The molecule has 0 saturated heterocycles. The Hall–Kier alpha value is -2.37. The number of fused-ring (bicyclic) bond motifs is 1. The van der Waals surface area contributed by atoms with Crippen LogP contribution in [0.25, 0.3) is 11.0 Å². The van der Waals surface area contributed by atoms with Crippen molar-refractivity contribution < 1.29 is 14.1 Å². The van der Waals surface area contributed by atoms with Crippen molar-refractivity contribution in [1.82, 2.24) is 15.8 Å². The van der Waals surface area contributed by atoms with Gasteiger partial charge < -0.3 is 15.2 Å². The second kappa shape index (κ2) is 6.39. The Bertz CT molecular complexity index is 676. The van der Waals surface area contributed by atoms with Crippen LogP contribution in [0, 0.1) is 13.8 Å². The number of benzene rings is 1. The lowest BCUT2D eigenvalue weighted by molar-refractivity contribution is -0.121. The molecule has 1 aromatic heterocycles. The maximum atomic E-state index is 11.8. The molecule has 1 aromatic carbocycles. The monoisotopic (exact) mass is 289 g/mol. The first-order valence-corrected chi connectivity index (χ1v) is 6.84. The van der Waals surface area contributed by atoms with Gasteiger partial charge in [0, 0.05) is 25.4 Å². The summed E-state index contributed by atoms with van der Waals surface area (Å²) >= 11 is 0. The second-order valence-electron chi connectivity index (χ2n) is 5.07. The fourth-order valence-corrected chi connectivity index (χ4v) is 2.03. The van der Waals surface area contributed by atoms with E-state index in [0.29, 0.717) is 24.4 Å². The fourth-order valence-electron chi connectivity index (χ4n) is 2.03. The van der Waals surface area contributed by atoms with Gasteiger partial charge in [0.2, 0.25) is 11.8 Å². The molecule has 1 heterocycles. The Kier molecular flexibility index (Phi) is 4.57. The molecule has 2 amide bonds. The van der Waals surface area contributed by atoms with Gasteiger partial charge >= 0.3 is 0 Å². The van der Waals surface area contributed by atoms with Crippen molar-refractivity contribution >= 4 is 22.8 Å². The van der Waals surface area contributed by atoms with Gasteiger partial charge in [0.15, 0.2) is 5.58 Å². The summed E-state index contributed by atoms with van der Waals surface area (Å²) in [7, 11) is 0. The van der Waals surface area contributed by atoms with Gasteiger partial charge in [-0.2, -0.15) is 0 Å². The van der Waals surface area contributed by atoms with Crippen LogP contribution in [-0.2, 0) is 16.0 Å². The first kappa shape index (κ1) is 15.0. The van der Waals surface area contributed by atoms with Crippen molar-refractivity contribution in [3.05, 3.63) is 29.0 Å². The molecule has 2 N–H and O–H groups in total. The largest absolute Gasteiger partial charge is 0.356 e. The van der Waals surface area contributed by atoms with E-state index in [1.165, 1.54) is 6.92 Å². The van der Waals surface area contributed by atoms with Crippen molar-refractivity contribution in [2.75, 3.05) is 13.1 Å². The van der Waals surface area contributed by atoms with E-state index in [1.807, 2.05) is 26.0 Å². The quantitative estimate of drug-likeness (QED) is 0.811. The van der Waals surface area contributed by atoms with Gasteiger partial charge in [-0.25, -0.2) is 0 Å². The highest BCUT2D eigenvalue weighted by atomic mass is 16.5. The summed E-state index contributed by atoms with van der Waals surface area (Å²) in [6.45, 7) is 6.27. The molecule has 0 radical (unpaired) electrons. The molecule has 0 unspecified atom stereocenters. The van der Waals surface area contributed by atoms with Gasteiger partial charge in [0.05, 0.1) is 6.42 Å². The number of nitrogens with zero attached hydrogens (tertiary/aromatic N) is 1. The van der Waals surface area contributed by atoms with E-state index < -0.39 is 0 Å². The molecule has 0 atom stereocenters. The van der Waals surface area contributed by atoms with Crippen LogP contribution < -0.4 is 10.6 Å². The topological polar surface area (TPSA) is 84.2 Å². The summed E-state index contributed by atoms with van der Waals surface area (Å²) in [6.07, 6.45) is 0.162. The van der Waals surface area contributed by atoms with Crippen LogP contribution in [0.3, 0.4) is 0 Å². The second-order valence-corrected chi connectivity index (χ2v) is 5.07. The third kappa shape index (κ3) is 3.81. The summed E-state index contributed by atoms with van der Waals surface area (Å²) in [5.74, 6) is -0.258. The Morgan fingerprint density at radius 1 is 1.14 bits per heavy atom. The highest BCUT2D eigenvalue weighted by Crippen LogP contribution is 2.22. The molecule has 112 valence electrons. The molecular formula is C15H19N3O3. The van der Waals surface area contributed by atoms with Crippen molar-refractivity contribution in [2.24, 2.45) is 0 Å². The summed E-state index contributed by atoms with van der Waals surface area (Å²) in [5, 5.41) is 10.2. The minimum absolute atomic E-state index is 0.113. The van der Waals surface area contributed by atoms with Gasteiger partial charge in [-0.3, -0.25) is 9.59 Å². The smallest absolute Gasteiger partial charge is 0.226 e. The molecule has 6 heteroatoms. The van der Waals surface area contributed by atoms with E-state index in [-0.39, 0.29) is 18.2 Å². The SMILES string of the molecule is CC(=O)NCCNC(=O)Cc1noc2cc(C)c(C)cc12. The Morgan fingerprint density at radius 3 is 2.52 bits per heavy atom. The normalized spacial score (nSPS) is 10.6. The van der Waals surface area contributed by atoms with E-state index in [9.17, 15) is 9.59 Å². The van der Waals surface area contributed by atoms with E-state index in [2.05, 4.69) is 15.8 Å². The lowest BCUT2D eigenvalue weighted by atomic mass is 10.1. The molecule has 21 heavy (non-hydrogen) atoms. The van der Waals surface area contributed by atoms with Crippen molar-refractivity contribution in [3.8, 4) is 0 Å². The molecule has 0 bridgehead atoms. The lowest BCUT2D eigenvalue weighted by Gasteiger charge is -2.04. The summed E-state index contributed by atoms with van der Waals surface area (Å²) in [5.41, 5.74) is 3.59. The predicted molar refractivity (Wildman–Crippen MR) is 78.9 cm³/mol. The number of aromatic nitrogens is 1. The third-order valence-electron chi connectivity index (χ3n) is 3.31. The van der Waals surface area contributed by atoms with E-state index in [1.54, 1.807) is 0 Å². The van der Waals surface area contributed by atoms with E-state index in [0.717, 1.165) is 16.5 Å². The van der Waals surface area contributed by atoms with Gasteiger partial charge in [-0.05, 0) is 37.1 Å². The number of aryl methyl sites for hydroxylation is 2. The van der Waals surface area contributed by atoms with Gasteiger partial charge in [0.1, 0.15) is 5.69 Å². The highest BCUT2D eigenvalue weighted by Gasteiger charge is 2.13. The maximum Gasteiger partial charge on any atom is 0.226 e. The summed E-state index contributed by atoms with van der Waals surface area (Å²) in [4.78, 5) is 22.5. The zero-order chi connectivity index (χ0) is 15.4. The van der Waals surface area contributed by atoms with Gasteiger partial charge in [0.25, 0.3) is 0 Å². The van der Waals surface area contributed by atoms with Crippen LogP contribution in [0.4, 0.5) is 0 Å². The minimum Gasteiger partial charge on any atom is -0.356 e. The molecule has 0 aliphatic heterocycles. The fraction of sp³-hybridized carbons (Fsp3) is 0.400. The summed E-state index contributed by atoms with van der Waals surface area (Å²) in [6, 6.07) is 3.91. The minimum atomic E-state index is -0.145. The first-order chi connectivity index (χ1) is 9.97. The Balaban J connectivity index is 1.98. The molecule has 0 aliphatic carbocycles. The average Bonchev–Trinajstić information content (AvgIpc) is 2.78. The van der Waals surface area contributed by atoms with Crippen molar-refractivity contribution in [3.63, 3.8) is 0 Å². The molecule has 2 rings (SSSR count). The van der Waals surface area contributed by atoms with Gasteiger partial charge in [-0.1, -0.05) is 5.16 Å². The zero-order valence-electron chi connectivity index (χ0n) is 12.4. The van der Waals surface area contributed by atoms with Gasteiger partial charge in [-0.15, -0.1) is 0 Å².